The van der Waals surface area contributed by atoms with Crippen LogP contribution in [-0.4, -0.2) is 12.1 Å². The molecule has 2 aromatic rings. The van der Waals surface area contributed by atoms with Gasteiger partial charge in [-0.05, 0) is 30.5 Å². The average Bonchev–Trinajstić information content (AvgIpc) is 3.14. The molecule has 106 valence electrons. The van der Waals surface area contributed by atoms with Gasteiger partial charge in [-0.3, -0.25) is 0 Å². The SMILES string of the molecule is COc1cc(C2(N)CC2)c2ccc(C(F)(F)F)nc2c1. The molecule has 1 fully saturated rings. The molecule has 3 rings (SSSR count). The summed E-state index contributed by atoms with van der Waals surface area (Å²) in [6, 6.07) is 5.71. The molecule has 0 bridgehead atoms. The molecular weight excluding hydrogens is 269 g/mol. The first-order chi connectivity index (χ1) is 9.33. The fraction of sp³-hybridized carbons (Fsp3) is 0.357. The number of halogens is 3. The quantitative estimate of drug-likeness (QED) is 0.920. The van der Waals surface area contributed by atoms with Gasteiger partial charge in [-0.1, -0.05) is 6.07 Å². The number of pyridine rings is 1. The van der Waals surface area contributed by atoms with E-state index in [4.69, 9.17) is 10.5 Å². The number of nitrogens with two attached hydrogens (primary N) is 1. The lowest BCUT2D eigenvalue weighted by Crippen LogP contribution is -2.19. The van der Waals surface area contributed by atoms with E-state index < -0.39 is 17.4 Å². The highest BCUT2D eigenvalue weighted by atomic mass is 19.4. The van der Waals surface area contributed by atoms with E-state index in [0.717, 1.165) is 24.5 Å². The minimum absolute atomic E-state index is 0.255. The largest absolute Gasteiger partial charge is 0.497 e. The Morgan fingerprint density at radius 1 is 1.25 bits per heavy atom. The Morgan fingerprint density at radius 2 is 1.95 bits per heavy atom. The molecule has 1 aliphatic carbocycles. The van der Waals surface area contributed by atoms with E-state index in [2.05, 4.69) is 4.98 Å². The zero-order chi connectivity index (χ0) is 14.5. The number of alkyl halides is 3. The zero-order valence-electron chi connectivity index (χ0n) is 10.8. The number of ether oxygens (including phenoxy) is 1. The average molecular weight is 282 g/mol. The van der Waals surface area contributed by atoms with Gasteiger partial charge in [0.2, 0.25) is 0 Å². The van der Waals surface area contributed by atoms with E-state index in [-0.39, 0.29) is 5.52 Å². The highest BCUT2D eigenvalue weighted by Gasteiger charge is 2.42. The number of fused-ring (bicyclic) bond motifs is 1. The Bertz CT molecular complexity index is 678. The van der Waals surface area contributed by atoms with Crippen molar-refractivity contribution in [2.45, 2.75) is 24.6 Å². The minimum atomic E-state index is -4.46. The topological polar surface area (TPSA) is 48.1 Å². The standard InChI is InChI=1S/C14H13F3N2O/c1-20-8-6-10(13(18)4-5-13)9-2-3-12(14(15,16)17)19-11(9)7-8/h2-3,6-7H,4-5,18H2,1H3. The molecule has 0 aliphatic heterocycles. The lowest BCUT2D eigenvalue weighted by atomic mass is 9.99. The summed E-state index contributed by atoms with van der Waals surface area (Å²) in [7, 11) is 1.47. The number of aromatic nitrogens is 1. The highest BCUT2D eigenvalue weighted by molar-refractivity contribution is 5.85. The first-order valence-corrected chi connectivity index (χ1v) is 6.19. The third kappa shape index (κ3) is 2.10. The van der Waals surface area contributed by atoms with Gasteiger partial charge in [0.25, 0.3) is 0 Å². The molecule has 1 aromatic carbocycles. The maximum absolute atomic E-state index is 12.7. The van der Waals surface area contributed by atoms with Crippen LogP contribution in [0.1, 0.15) is 24.1 Å². The molecule has 0 amide bonds. The molecule has 0 unspecified atom stereocenters. The Kier molecular flexibility index (Phi) is 2.69. The van der Waals surface area contributed by atoms with E-state index in [9.17, 15) is 13.2 Å². The number of benzene rings is 1. The first-order valence-electron chi connectivity index (χ1n) is 6.19. The molecule has 1 heterocycles. The lowest BCUT2D eigenvalue weighted by Gasteiger charge is -2.15. The van der Waals surface area contributed by atoms with Crippen LogP contribution in [0.25, 0.3) is 10.9 Å². The van der Waals surface area contributed by atoms with Crippen molar-refractivity contribution in [3.05, 3.63) is 35.5 Å². The molecule has 0 atom stereocenters. The molecule has 1 saturated carbocycles. The zero-order valence-corrected chi connectivity index (χ0v) is 10.8. The third-order valence-electron chi connectivity index (χ3n) is 3.63. The van der Waals surface area contributed by atoms with Crippen LogP contribution in [0.4, 0.5) is 13.2 Å². The molecule has 6 heteroatoms. The minimum Gasteiger partial charge on any atom is -0.497 e. The summed E-state index contributed by atoms with van der Waals surface area (Å²) < 4.78 is 43.3. The van der Waals surface area contributed by atoms with Gasteiger partial charge in [0.1, 0.15) is 11.4 Å². The molecule has 0 saturated heterocycles. The van der Waals surface area contributed by atoms with Crippen LogP contribution >= 0.6 is 0 Å². The van der Waals surface area contributed by atoms with Gasteiger partial charge in [0.05, 0.1) is 12.6 Å². The Morgan fingerprint density at radius 3 is 2.50 bits per heavy atom. The highest BCUT2D eigenvalue weighted by Crippen LogP contribution is 2.46. The Hall–Kier alpha value is -1.82. The van der Waals surface area contributed by atoms with Crippen LogP contribution in [0.15, 0.2) is 24.3 Å². The van der Waals surface area contributed by atoms with Crippen molar-refractivity contribution >= 4 is 10.9 Å². The van der Waals surface area contributed by atoms with Crippen LogP contribution in [0, 0.1) is 0 Å². The van der Waals surface area contributed by atoms with E-state index in [1.807, 2.05) is 0 Å². The molecule has 0 spiro atoms. The van der Waals surface area contributed by atoms with Crippen LogP contribution in [-0.2, 0) is 11.7 Å². The van der Waals surface area contributed by atoms with Gasteiger partial charge in [-0.15, -0.1) is 0 Å². The summed E-state index contributed by atoms with van der Waals surface area (Å²) in [5, 5.41) is 0.652. The van der Waals surface area contributed by atoms with Crippen molar-refractivity contribution in [3.63, 3.8) is 0 Å². The van der Waals surface area contributed by atoms with Crippen LogP contribution in [0.2, 0.25) is 0 Å². The van der Waals surface area contributed by atoms with Crippen molar-refractivity contribution in [1.82, 2.24) is 4.98 Å². The van der Waals surface area contributed by atoms with Crippen molar-refractivity contribution in [2.75, 3.05) is 7.11 Å². The number of nitrogens with zero attached hydrogens (tertiary/aromatic N) is 1. The van der Waals surface area contributed by atoms with Crippen molar-refractivity contribution in [2.24, 2.45) is 5.73 Å². The lowest BCUT2D eigenvalue weighted by molar-refractivity contribution is -0.140. The second kappa shape index (κ2) is 4.09. The maximum atomic E-state index is 12.7. The maximum Gasteiger partial charge on any atom is 0.433 e. The van der Waals surface area contributed by atoms with Crippen molar-refractivity contribution in [1.29, 1.82) is 0 Å². The molecule has 2 N–H and O–H groups in total. The van der Waals surface area contributed by atoms with E-state index in [0.29, 0.717) is 11.1 Å². The second-order valence-corrected chi connectivity index (χ2v) is 5.09. The first kappa shape index (κ1) is 13.2. The molecular formula is C14H13F3N2O. The van der Waals surface area contributed by atoms with Crippen molar-refractivity contribution < 1.29 is 17.9 Å². The molecule has 0 radical (unpaired) electrons. The smallest absolute Gasteiger partial charge is 0.433 e. The van der Waals surface area contributed by atoms with E-state index in [1.165, 1.54) is 19.2 Å². The predicted molar refractivity (Wildman–Crippen MR) is 68.4 cm³/mol. The van der Waals surface area contributed by atoms with E-state index >= 15 is 0 Å². The number of hydrogen-bond donors (Lipinski definition) is 1. The predicted octanol–water partition coefficient (Wildman–Crippen LogP) is 3.21. The van der Waals surface area contributed by atoms with Crippen LogP contribution < -0.4 is 10.5 Å². The summed E-state index contributed by atoms with van der Waals surface area (Å²) >= 11 is 0. The van der Waals surface area contributed by atoms with Crippen LogP contribution in [0.5, 0.6) is 5.75 Å². The summed E-state index contributed by atoms with van der Waals surface area (Å²) in [5.74, 6) is 0.469. The summed E-state index contributed by atoms with van der Waals surface area (Å²) in [5.41, 5.74) is 5.86. The normalized spacial score (nSPS) is 17.2. The van der Waals surface area contributed by atoms with Crippen molar-refractivity contribution in [3.8, 4) is 5.75 Å². The van der Waals surface area contributed by atoms with E-state index in [1.54, 1.807) is 6.07 Å². The monoisotopic (exact) mass is 282 g/mol. The summed E-state index contributed by atoms with van der Waals surface area (Å²) in [4.78, 5) is 3.70. The van der Waals surface area contributed by atoms with Gasteiger partial charge < -0.3 is 10.5 Å². The Balaban J connectivity index is 2.25. The summed E-state index contributed by atoms with van der Waals surface area (Å²) in [6.07, 6.45) is -2.83. The van der Waals surface area contributed by atoms with Gasteiger partial charge in [0, 0.05) is 17.0 Å². The van der Waals surface area contributed by atoms with Crippen LogP contribution in [0.3, 0.4) is 0 Å². The Labute approximate surface area is 113 Å². The molecule has 3 nitrogen and oxygen atoms in total. The van der Waals surface area contributed by atoms with Gasteiger partial charge in [0.15, 0.2) is 0 Å². The molecule has 1 aliphatic rings. The number of methoxy groups -OCH3 is 1. The fourth-order valence-corrected chi connectivity index (χ4v) is 2.30. The van der Waals surface area contributed by atoms with Gasteiger partial charge in [-0.2, -0.15) is 13.2 Å². The molecule has 20 heavy (non-hydrogen) atoms. The summed E-state index contributed by atoms with van der Waals surface area (Å²) in [6.45, 7) is 0. The third-order valence-corrected chi connectivity index (χ3v) is 3.63. The van der Waals surface area contributed by atoms with Gasteiger partial charge in [-0.25, -0.2) is 4.98 Å². The second-order valence-electron chi connectivity index (χ2n) is 5.09. The van der Waals surface area contributed by atoms with Gasteiger partial charge >= 0.3 is 6.18 Å². The number of rotatable bonds is 2. The fourth-order valence-electron chi connectivity index (χ4n) is 2.30. The molecule has 1 aromatic heterocycles. The number of hydrogen-bond acceptors (Lipinski definition) is 3.